The standard InChI is InChI=1S/C17H20ClN3O/c1-19-17(20-11-13-3-7-15(18)8-4-13)21-12-14-5-9-16(22-2)10-6-14/h3-10H,11-12H2,1-2H3,(H2,19,20,21). The molecule has 2 N–H and O–H groups in total. The predicted molar refractivity (Wildman–Crippen MR) is 91.5 cm³/mol. The Hall–Kier alpha value is -2.20. The molecule has 2 rings (SSSR count). The summed E-state index contributed by atoms with van der Waals surface area (Å²) in [5.74, 6) is 1.61. The Morgan fingerprint density at radius 3 is 1.91 bits per heavy atom. The molecular formula is C17H20ClN3O. The van der Waals surface area contributed by atoms with Crippen LogP contribution in [0.25, 0.3) is 0 Å². The SMILES string of the molecule is CN=C(NCc1ccc(Cl)cc1)NCc1ccc(OC)cc1. The van der Waals surface area contributed by atoms with Crippen molar-refractivity contribution in [1.29, 1.82) is 0 Å². The third kappa shape index (κ3) is 4.97. The maximum Gasteiger partial charge on any atom is 0.191 e. The van der Waals surface area contributed by atoms with Crippen LogP contribution in [-0.2, 0) is 13.1 Å². The summed E-state index contributed by atoms with van der Waals surface area (Å²) < 4.78 is 5.15. The number of nitrogens with zero attached hydrogens (tertiary/aromatic N) is 1. The van der Waals surface area contributed by atoms with Crippen molar-refractivity contribution in [3.8, 4) is 5.75 Å². The van der Waals surface area contributed by atoms with Gasteiger partial charge in [-0.2, -0.15) is 0 Å². The number of hydrogen-bond donors (Lipinski definition) is 2. The third-order valence-electron chi connectivity index (χ3n) is 3.22. The Morgan fingerprint density at radius 2 is 1.45 bits per heavy atom. The maximum absolute atomic E-state index is 5.88. The van der Waals surface area contributed by atoms with Crippen LogP contribution in [-0.4, -0.2) is 20.1 Å². The largest absolute Gasteiger partial charge is 0.497 e. The summed E-state index contributed by atoms with van der Waals surface area (Å²) in [5, 5.41) is 7.29. The van der Waals surface area contributed by atoms with Crippen molar-refractivity contribution in [2.45, 2.75) is 13.1 Å². The number of aliphatic imine (C=N–C) groups is 1. The Morgan fingerprint density at radius 1 is 0.955 bits per heavy atom. The average Bonchev–Trinajstić information content (AvgIpc) is 2.57. The van der Waals surface area contributed by atoms with E-state index < -0.39 is 0 Å². The van der Waals surface area contributed by atoms with Crippen molar-refractivity contribution in [1.82, 2.24) is 10.6 Å². The first-order valence-corrected chi connectivity index (χ1v) is 7.41. The highest BCUT2D eigenvalue weighted by Gasteiger charge is 2.00. The average molecular weight is 318 g/mol. The number of guanidine groups is 1. The smallest absolute Gasteiger partial charge is 0.191 e. The lowest BCUT2D eigenvalue weighted by atomic mass is 10.2. The minimum Gasteiger partial charge on any atom is -0.497 e. The van der Waals surface area contributed by atoms with Crippen molar-refractivity contribution < 1.29 is 4.74 Å². The summed E-state index contributed by atoms with van der Waals surface area (Å²) in [7, 11) is 3.42. The number of halogens is 1. The zero-order chi connectivity index (χ0) is 15.8. The summed E-state index contributed by atoms with van der Waals surface area (Å²) in [6.07, 6.45) is 0. The fraction of sp³-hybridized carbons (Fsp3) is 0.235. The van der Waals surface area contributed by atoms with Gasteiger partial charge >= 0.3 is 0 Å². The molecule has 2 aromatic rings. The van der Waals surface area contributed by atoms with Crippen molar-refractivity contribution in [3.63, 3.8) is 0 Å². The van der Waals surface area contributed by atoms with Crippen molar-refractivity contribution in [3.05, 3.63) is 64.7 Å². The van der Waals surface area contributed by atoms with Gasteiger partial charge in [0.15, 0.2) is 5.96 Å². The molecule has 0 aliphatic rings. The molecule has 0 bridgehead atoms. The lowest BCUT2D eigenvalue weighted by Gasteiger charge is -2.12. The molecule has 0 aromatic heterocycles. The summed E-state index contributed by atoms with van der Waals surface area (Å²) in [5.41, 5.74) is 2.31. The zero-order valence-electron chi connectivity index (χ0n) is 12.8. The Bertz CT molecular complexity index is 609. The van der Waals surface area contributed by atoms with Gasteiger partial charge in [-0.1, -0.05) is 35.9 Å². The first-order chi connectivity index (χ1) is 10.7. The second-order valence-electron chi connectivity index (χ2n) is 4.75. The van der Waals surface area contributed by atoms with E-state index in [1.165, 1.54) is 0 Å². The molecule has 22 heavy (non-hydrogen) atoms. The number of benzene rings is 2. The van der Waals surface area contributed by atoms with Gasteiger partial charge in [-0.15, -0.1) is 0 Å². The molecule has 2 aromatic carbocycles. The van der Waals surface area contributed by atoms with E-state index in [-0.39, 0.29) is 0 Å². The second-order valence-corrected chi connectivity index (χ2v) is 5.19. The molecule has 0 saturated carbocycles. The number of nitrogens with one attached hydrogen (secondary N) is 2. The van der Waals surface area contributed by atoms with E-state index >= 15 is 0 Å². The Balaban J connectivity index is 1.82. The molecule has 0 spiro atoms. The second kappa shape index (κ2) is 8.29. The van der Waals surface area contributed by atoms with Gasteiger partial charge < -0.3 is 15.4 Å². The molecule has 0 atom stereocenters. The fourth-order valence-electron chi connectivity index (χ4n) is 1.94. The van der Waals surface area contributed by atoms with Gasteiger partial charge in [-0.3, -0.25) is 4.99 Å². The van der Waals surface area contributed by atoms with Crippen LogP contribution < -0.4 is 15.4 Å². The Kier molecular flexibility index (Phi) is 6.10. The van der Waals surface area contributed by atoms with E-state index in [2.05, 4.69) is 15.6 Å². The number of rotatable bonds is 5. The molecule has 0 saturated heterocycles. The Labute approximate surface area is 136 Å². The molecule has 0 unspecified atom stereocenters. The van der Waals surface area contributed by atoms with Crippen molar-refractivity contribution in [2.75, 3.05) is 14.2 Å². The first-order valence-electron chi connectivity index (χ1n) is 7.03. The molecular weight excluding hydrogens is 298 g/mol. The van der Waals surface area contributed by atoms with E-state index in [0.29, 0.717) is 13.1 Å². The van der Waals surface area contributed by atoms with Gasteiger partial charge in [0.2, 0.25) is 0 Å². The highest BCUT2D eigenvalue weighted by atomic mass is 35.5. The van der Waals surface area contributed by atoms with Crippen LogP contribution in [0, 0.1) is 0 Å². The van der Waals surface area contributed by atoms with Crippen LogP contribution in [0.15, 0.2) is 53.5 Å². The summed E-state index contributed by atoms with van der Waals surface area (Å²) in [6, 6.07) is 15.7. The molecule has 0 aliphatic heterocycles. The van der Waals surface area contributed by atoms with Crippen LogP contribution in [0.5, 0.6) is 5.75 Å². The fourth-order valence-corrected chi connectivity index (χ4v) is 2.06. The van der Waals surface area contributed by atoms with Crippen LogP contribution in [0.1, 0.15) is 11.1 Å². The molecule has 0 fully saturated rings. The van der Waals surface area contributed by atoms with Gasteiger partial charge in [0, 0.05) is 25.2 Å². The predicted octanol–water partition coefficient (Wildman–Crippen LogP) is 3.21. The van der Waals surface area contributed by atoms with Crippen LogP contribution in [0.3, 0.4) is 0 Å². The van der Waals surface area contributed by atoms with Crippen LogP contribution in [0.4, 0.5) is 0 Å². The number of ether oxygens (including phenoxy) is 1. The normalized spacial score (nSPS) is 11.1. The van der Waals surface area contributed by atoms with E-state index in [1.54, 1.807) is 14.2 Å². The topological polar surface area (TPSA) is 45.7 Å². The minimum absolute atomic E-state index is 0.694. The maximum atomic E-state index is 5.88. The van der Waals surface area contributed by atoms with E-state index in [1.807, 2.05) is 48.5 Å². The van der Waals surface area contributed by atoms with Crippen LogP contribution >= 0.6 is 11.6 Å². The molecule has 0 aliphatic carbocycles. The third-order valence-corrected chi connectivity index (χ3v) is 3.47. The highest BCUT2D eigenvalue weighted by Crippen LogP contribution is 2.11. The molecule has 0 heterocycles. The molecule has 0 amide bonds. The minimum atomic E-state index is 0.694. The van der Waals surface area contributed by atoms with Crippen LogP contribution in [0.2, 0.25) is 5.02 Å². The van der Waals surface area contributed by atoms with Gasteiger partial charge in [0.1, 0.15) is 5.75 Å². The first kappa shape index (κ1) is 16.2. The van der Waals surface area contributed by atoms with E-state index in [9.17, 15) is 0 Å². The van der Waals surface area contributed by atoms with Gasteiger partial charge in [-0.05, 0) is 35.4 Å². The zero-order valence-corrected chi connectivity index (χ0v) is 13.5. The van der Waals surface area contributed by atoms with Gasteiger partial charge in [0.05, 0.1) is 7.11 Å². The van der Waals surface area contributed by atoms with Crippen molar-refractivity contribution >= 4 is 17.6 Å². The van der Waals surface area contributed by atoms with Gasteiger partial charge in [-0.25, -0.2) is 0 Å². The van der Waals surface area contributed by atoms with E-state index in [4.69, 9.17) is 16.3 Å². The quantitative estimate of drug-likeness (QED) is 0.657. The highest BCUT2D eigenvalue weighted by molar-refractivity contribution is 6.30. The molecule has 116 valence electrons. The van der Waals surface area contributed by atoms with Gasteiger partial charge in [0.25, 0.3) is 0 Å². The monoisotopic (exact) mass is 317 g/mol. The number of hydrogen-bond acceptors (Lipinski definition) is 2. The molecule has 5 heteroatoms. The lowest BCUT2D eigenvalue weighted by Crippen LogP contribution is -2.36. The number of methoxy groups -OCH3 is 1. The van der Waals surface area contributed by atoms with Crippen molar-refractivity contribution in [2.24, 2.45) is 4.99 Å². The summed E-state index contributed by atoms with van der Waals surface area (Å²) in [4.78, 5) is 4.21. The summed E-state index contributed by atoms with van der Waals surface area (Å²) >= 11 is 5.88. The molecule has 4 nitrogen and oxygen atoms in total. The molecule has 0 radical (unpaired) electrons. The van der Waals surface area contributed by atoms with E-state index in [0.717, 1.165) is 27.9 Å². The lowest BCUT2D eigenvalue weighted by molar-refractivity contribution is 0.414. The summed E-state index contributed by atoms with van der Waals surface area (Å²) in [6.45, 7) is 1.39.